The monoisotopic (exact) mass is 214 g/mol. The van der Waals surface area contributed by atoms with E-state index >= 15 is 0 Å². The van der Waals surface area contributed by atoms with Crippen LogP contribution in [0.4, 0.5) is 0 Å². The van der Waals surface area contributed by atoms with Gasteiger partial charge in [0.15, 0.2) is 0 Å². The first-order valence-corrected chi connectivity index (χ1v) is 5.15. The standard InChI is InChI=1S/C12H10N2O2/c1-2-15-12-10-8-4-3-6-13-11(8)16-9(10)5-7-14-12/h3-7H,2H2,1H3. The molecule has 3 heterocycles. The molecule has 0 aliphatic rings. The number of rotatable bonds is 2. The van der Waals surface area contributed by atoms with Gasteiger partial charge in [-0.05, 0) is 19.1 Å². The number of hydrogen-bond acceptors (Lipinski definition) is 4. The Hall–Kier alpha value is -2.10. The van der Waals surface area contributed by atoms with Crippen LogP contribution in [-0.4, -0.2) is 16.6 Å². The molecule has 0 fully saturated rings. The van der Waals surface area contributed by atoms with Crippen LogP contribution in [0, 0.1) is 0 Å². The smallest absolute Gasteiger partial charge is 0.227 e. The Labute approximate surface area is 91.9 Å². The number of ether oxygens (including phenoxy) is 1. The van der Waals surface area contributed by atoms with Crippen molar-refractivity contribution in [1.29, 1.82) is 0 Å². The SMILES string of the molecule is CCOc1nccc2oc3ncccc3c12. The minimum absolute atomic E-state index is 0.582. The topological polar surface area (TPSA) is 48.2 Å². The highest BCUT2D eigenvalue weighted by molar-refractivity contribution is 6.06. The van der Waals surface area contributed by atoms with Gasteiger partial charge >= 0.3 is 0 Å². The molecule has 3 aromatic rings. The summed E-state index contributed by atoms with van der Waals surface area (Å²) < 4.78 is 11.1. The summed E-state index contributed by atoms with van der Waals surface area (Å²) in [6, 6.07) is 5.65. The predicted octanol–water partition coefficient (Wildman–Crippen LogP) is 2.77. The van der Waals surface area contributed by atoms with Crippen LogP contribution >= 0.6 is 0 Å². The summed E-state index contributed by atoms with van der Waals surface area (Å²) in [4.78, 5) is 8.38. The zero-order valence-corrected chi connectivity index (χ0v) is 8.80. The van der Waals surface area contributed by atoms with Crippen molar-refractivity contribution in [3.63, 3.8) is 0 Å². The van der Waals surface area contributed by atoms with Gasteiger partial charge in [-0.2, -0.15) is 0 Å². The van der Waals surface area contributed by atoms with Gasteiger partial charge < -0.3 is 9.15 Å². The third kappa shape index (κ3) is 1.23. The van der Waals surface area contributed by atoms with E-state index in [1.807, 2.05) is 25.1 Å². The summed E-state index contributed by atoms with van der Waals surface area (Å²) in [5, 5.41) is 1.83. The minimum atomic E-state index is 0.582. The van der Waals surface area contributed by atoms with E-state index in [4.69, 9.17) is 9.15 Å². The molecule has 3 aromatic heterocycles. The lowest BCUT2D eigenvalue weighted by Crippen LogP contribution is -1.93. The fraction of sp³-hybridized carbons (Fsp3) is 0.167. The van der Waals surface area contributed by atoms with Crippen molar-refractivity contribution in [2.75, 3.05) is 6.61 Å². The largest absolute Gasteiger partial charge is 0.477 e. The highest BCUT2D eigenvalue weighted by Gasteiger charge is 2.12. The van der Waals surface area contributed by atoms with Crippen molar-refractivity contribution in [3.8, 4) is 5.88 Å². The molecular formula is C12H10N2O2. The fourth-order valence-electron chi connectivity index (χ4n) is 1.77. The number of aromatic nitrogens is 2. The van der Waals surface area contributed by atoms with E-state index in [0.29, 0.717) is 18.2 Å². The van der Waals surface area contributed by atoms with Gasteiger partial charge in [-0.1, -0.05) is 0 Å². The molecule has 16 heavy (non-hydrogen) atoms. The molecule has 0 bridgehead atoms. The Kier molecular flexibility index (Phi) is 1.99. The molecule has 4 heteroatoms. The zero-order valence-electron chi connectivity index (χ0n) is 8.80. The summed E-state index contributed by atoms with van der Waals surface area (Å²) >= 11 is 0. The van der Waals surface area contributed by atoms with Gasteiger partial charge in [0.05, 0.1) is 17.4 Å². The highest BCUT2D eigenvalue weighted by Crippen LogP contribution is 2.32. The van der Waals surface area contributed by atoms with Gasteiger partial charge in [0.25, 0.3) is 0 Å². The normalized spacial score (nSPS) is 11.1. The molecule has 0 unspecified atom stereocenters. The number of hydrogen-bond donors (Lipinski definition) is 0. The van der Waals surface area contributed by atoms with Crippen molar-refractivity contribution >= 4 is 22.1 Å². The predicted molar refractivity (Wildman–Crippen MR) is 60.5 cm³/mol. The van der Waals surface area contributed by atoms with Crippen LogP contribution in [0.3, 0.4) is 0 Å². The third-order valence-electron chi connectivity index (χ3n) is 2.41. The van der Waals surface area contributed by atoms with Gasteiger partial charge in [-0.15, -0.1) is 0 Å². The van der Waals surface area contributed by atoms with E-state index in [1.54, 1.807) is 12.4 Å². The number of nitrogens with zero attached hydrogens (tertiary/aromatic N) is 2. The van der Waals surface area contributed by atoms with Crippen LogP contribution in [0.15, 0.2) is 35.0 Å². The lowest BCUT2D eigenvalue weighted by atomic mass is 10.2. The molecule has 0 aliphatic carbocycles. The maximum Gasteiger partial charge on any atom is 0.227 e. The van der Waals surface area contributed by atoms with E-state index in [1.165, 1.54) is 0 Å². The fourth-order valence-corrected chi connectivity index (χ4v) is 1.77. The van der Waals surface area contributed by atoms with E-state index in [9.17, 15) is 0 Å². The molecule has 0 saturated carbocycles. The van der Waals surface area contributed by atoms with Crippen molar-refractivity contribution in [3.05, 3.63) is 30.6 Å². The summed E-state index contributed by atoms with van der Waals surface area (Å²) in [7, 11) is 0. The van der Waals surface area contributed by atoms with E-state index < -0.39 is 0 Å². The highest BCUT2D eigenvalue weighted by atomic mass is 16.5. The maximum atomic E-state index is 5.61. The molecule has 0 aliphatic heterocycles. The molecular weight excluding hydrogens is 204 g/mol. The first kappa shape index (κ1) is 9.15. The van der Waals surface area contributed by atoms with Crippen molar-refractivity contribution in [2.24, 2.45) is 0 Å². The summed E-state index contributed by atoms with van der Waals surface area (Å²) in [6.45, 7) is 2.51. The van der Waals surface area contributed by atoms with Gasteiger partial charge in [0.2, 0.25) is 11.6 Å². The summed E-state index contributed by atoms with van der Waals surface area (Å²) in [5.74, 6) is 0.603. The first-order chi connectivity index (χ1) is 7.90. The van der Waals surface area contributed by atoms with Crippen LogP contribution in [0.1, 0.15) is 6.92 Å². The van der Waals surface area contributed by atoms with E-state index in [-0.39, 0.29) is 0 Å². The second-order valence-corrected chi connectivity index (χ2v) is 3.38. The second kappa shape index (κ2) is 3.48. The van der Waals surface area contributed by atoms with Crippen LogP contribution in [0.25, 0.3) is 22.1 Å². The van der Waals surface area contributed by atoms with Crippen molar-refractivity contribution in [1.82, 2.24) is 9.97 Å². The molecule has 0 saturated heterocycles. The molecule has 0 radical (unpaired) electrons. The second-order valence-electron chi connectivity index (χ2n) is 3.38. The molecule has 0 aromatic carbocycles. The summed E-state index contributed by atoms with van der Waals surface area (Å²) in [5.41, 5.74) is 1.37. The Morgan fingerprint density at radius 1 is 1.25 bits per heavy atom. The van der Waals surface area contributed by atoms with Crippen LogP contribution in [0.5, 0.6) is 5.88 Å². The van der Waals surface area contributed by atoms with E-state index in [0.717, 1.165) is 16.4 Å². The molecule has 4 nitrogen and oxygen atoms in total. The number of fused-ring (bicyclic) bond motifs is 3. The molecule has 0 spiro atoms. The quantitative estimate of drug-likeness (QED) is 0.658. The van der Waals surface area contributed by atoms with Gasteiger partial charge in [0, 0.05) is 18.5 Å². The molecule has 0 atom stereocenters. The van der Waals surface area contributed by atoms with Gasteiger partial charge in [-0.25, -0.2) is 9.97 Å². The Morgan fingerprint density at radius 3 is 3.06 bits per heavy atom. The zero-order chi connectivity index (χ0) is 11.0. The average Bonchev–Trinajstić information content (AvgIpc) is 2.68. The summed E-state index contributed by atoms with van der Waals surface area (Å²) in [6.07, 6.45) is 3.38. The van der Waals surface area contributed by atoms with E-state index in [2.05, 4.69) is 9.97 Å². The molecule has 3 rings (SSSR count). The third-order valence-corrected chi connectivity index (χ3v) is 2.41. The number of furan rings is 1. The number of pyridine rings is 2. The Balaban J connectivity index is 2.43. The lowest BCUT2D eigenvalue weighted by Gasteiger charge is -2.01. The first-order valence-electron chi connectivity index (χ1n) is 5.15. The van der Waals surface area contributed by atoms with Crippen LogP contribution in [-0.2, 0) is 0 Å². The van der Waals surface area contributed by atoms with Gasteiger partial charge in [0.1, 0.15) is 5.58 Å². The van der Waals surface area contributed by atoms with Crippen molar-refractivity contribution in [2.45, 2.75) is 6.92 Å². The molecule has 0 amide bonds. The minimum Gasteiger partial charge on any atom is -0.477 e. The van der Waals surface area contributed by atoms with Crippen molar-refractivity contribution < 1.29 is 9.15 Å². The molecule has 80 valence electrons. The van der Waals surface area contributed by atoms with Crippen LogP contribution in [0.2, 0.25) is 0 Å². The van der Waals surface area contributed by atoms with Crippen LogP contribution < -0.4 is 4.74 Å². The molecule has 0 N–H and O–H groups in total. The Bertz CT molecular complexity index is 646. The average molecular weight is 214 g/mol. The van der Waals surface area contributed by atoms with Gasteiger partial charge in [-0.3, -0.25) is 0 Å². The Morgan fingerprint density at radius 2 is 2.19 bits per heavy atom. The maximum absolute atomic E-state index is 5.61. The lowest BCUT2D eigenvalue weighted by molar-refractivity contribution is 0.331.